The monoisotopic (exact) mass is 532 g/mol. The van der Waals surface area contributed by atoms with Crippen LogP contribution in [0, 0.1) is 0 Å². The first-order chi connectivity index (χ1) is 14.7. The number of halogens is 1. The Bertz CT molecular complexity index is 1010. The van der Waals surface area contributed by atoms with Crippen LogP contribution in [0.5, 0.6) is 0 Å². The number of hydrogen-bond donors (Lipinski definition) is 4. The van der Waals surface area contributed by atoms with Crippen molar-refractivity contribution < 1.29 is 4.79 Å². The summed E-state index contributed by atoms with van der Waals surface area (Å²) in [6.07, 6.45) is 2.28. The summed E-state index contributed by atoms with van der Waals surface area (Å²) in [5.41, 5.74) is 4.14. The number of aryl methyl sites for hydroxylation is 1. The van der Waals surface area contributed by atoms with Crippen LogP contribution in [0.2, 0.25) is 0 Å². The number of amides is 1. The highest BCUT2D eigenvalue weighted by Gasteiger charge is 2.24. The molecule has 8 heteroatoms. The van der Waals surface area contributed by atoms with E-state index in [0.717, 1.165) is 60.0 Å². The van der Waals surface area contributed by atoms with Gasteiger partial charge in [-0.05, 0) is 37.1 Å². The third kappa shape index (κ3) is 5.96. The number of anilines is 1. The maximum atomic E-state index is 12.0. The Labute approximate surface area is 199 Å². The van der Waals surface area contributed by atoms with Crippen LogP contribution in [0.4, 0.5) is 5.69 Å². The lowest BCUT2D eigenvalue weighted by atomic mass is 9.91. The van der Waals surface area contributed by atoms with Gasteiger partial charge in [-0.3, -0.25) is 9.79 Å². The number of guanidine groups is 1. The molecular weight excluding hydrogens is 503 g/mol. The number of hydrogen-bond acceptors (Lipinski definition) is 3. The van der Waals surface area contributed by atoms with Gasteiger partial charge in [0.2, 0.25) is 5.91 Å². The highest BCUT2D eigenvalue weighted by atomic mass is 127. The van der Waals surface area contributed by atoms with Gasteiger partial charge in [-0.1, -0.05) is 30.3 Å². The number of carbonyl (C=O) groups excluding carboxylic acids is 1. The van der Waals surface area contributed by atoms with Gasteiger partial charge in [-0.15, -0.1) is 24.0 Å². The van der Waals surface area contributed by atoms with Crippen molar-refractivity contribution in [3.8, 4) is 0 Å². The number of benzene rings is 2. The minimum absolute atomic E-state index is 0. The molecule has 0 spiro atoms. The van der Waals surface area contributed by atoms with Gasteiger partial charge < -0.3 is 20.9 Å². The summed E-state index contributed by atoms with van der Waals surface area (Å²) < 4.78 is 0. The Hall–Kier alpha value is -2.62. The first kappa shape index (κ1) is 23.1. The number of imidazole rings is 1. The predicted octanol–water partition coefficient (Wildman–Crippen LogP) is 3.79. The smallest absolute Gasteiger partial charge is 0.225 e. The molecule has 7 nitrogen and oxygen atoms in total. The van der Waals surface area contributed by atoms with E-state index in [1.807, 2.05) is 42.5 Å². The molecule has 0 saturated heterocycles. The Morgan fingerprint density at radius 3 is 2.81 bits per heavy atom. The molecule has 1 atom stereocenters. The van der Waals surface area contributed by atoms with E-state index in [0.29, 0.717) is 13.0 Å². The van der Waals surface area contributed by atoms with Crippen molar-refractivity contribution in [2.24, 2.45) is 4.99 Å². The first-order valence-electron chi connectivity index (χ1n) is 10.6. The van der Waals surface area contributed by atoms with Crippen LogP contribution in [0.3, 0.4) is 0 Å². The minimum atomic E-state index is 0. The van der Waals surface area contributed by atoms with Crippen molar-refractivity contribution in [3.63, 3.8) is 0 Å². The van der Waals surface area contributed by atoms with E-state index in [9.17, 15) is 4.79 Å². The molecule has 2 aromatic carbocycles. The van der Waals surface area contributed by atoms with Crippen LogP contribution in [0.15, 0.2) is 53.5 Å². The van der Waals surface area contributed by atoms with Crippen molar-refractivity contribution in [2.75, 3.05) is 25.0 Å². The second-order valence-electron chi connectivity index (χ2n) is 7.49. The number of aromatic amines is 1. The summed E-state index contributed by atoms with van der Waals surface area (Å²) in [6.45, 7) is 4.21. The van der Waals surface area contributed by atoms with E-state index >= 15 is 0 Å². The molecule has 0 aliphatic carbocycles. The molecule has 3 aromatic rings. The number of rotatable bonds is 7. The van der Waals surface area contributed by atoms with Crippen LogP contribution >= 0.6 is 24.0 Å². The van der Waals surface area contributed by atoms with Crippen molar-refractivity contribution in [3.05, 3.63) is 59.9 Å². The highest BCUT2D eigenvalue weighted by Crippen LogP contribution is 2.31. The summed E-state index contributed by atoms with van der Waals surface area (Å²) in [4.78, 5) is 24.8. The molecule has 31 heavy (non-hydrogen) atoms. The van der Waals surface area contributed by atoms with E-state index in [2.05, 4.69) is 38.9 Å². The van der Waals surface area contributed by atoms with E-state index < -0.39 is 0 Å². The Morgan fingerprint density at radius 1 is 1.16 bits per heavy atom. The molecule has 1 unspecified atom stereocenters. The highest BCUT2D eigenvalue weighted by molar-refractivity contribution is 14.0. The SMILES string of the molecule is CCNC(=NCC1CC(=O)Nc2ccccc21)NCCCc1nc2ccccc2[nH]1.I. The lowest BCUT2D eigenvalue weighted by Gasteiger charge is -2.24. The molecule has 0 saturated carbocycles. The molecule has 1 aliphatic rings. The number of fused-ring (bicyclic) bond motifs is 2. The number of nitrogens with one attached hydrogen (secondary N) is 4. The van der Waals surface area contributed by atoms with Crippen LogP contribution in [0.1, 0.15) is 37.1 Å². The largest absolute Gasteiger partial charge is 0.357 e. The molecule has 1 amide bonds. The standard InChI is InChI=1S/C23H28N6O.HI/c1-2-24-23(25-13-7-12-21-27-19-10-5-6-11-20(19)28-21)26-15-16-14-22(30)29-18-9-4-3-8-17(16)18;/h3-6,8-11,16H,2,7,12-15H2,1H3,(H,27,28)(H,29,30)(H2,24,25,26);1H. The topological polar surface area (TPSA) is 94.2 Å². The van der Waals surface area contributed by atoms with E-state index in [1.54, 1.807) is 0 Å². The van der Waals surface area contributed by atoms with Crippen molar-refractivity contribution in [2.45, 2.75) is 32.1 Å². The summed E-state index contributed by atoms with van der Waals surface area (Å²) in [6, 6.07) is 16.1. The van der Waals surface area contributed by atoms with E-state index in [1.165, 1.54) is 0 Å². The van der Waals surface area contributed by atoms with Crippen molar-refractivity contribution >= 4 is 52.6 Å². The lowest BCUT2D eigenvalue weighted by molar-refractivity contribution is -0.116. The summed E-state index contributed by atoms with van der Waals surface area (Å²) >= 11 is 0. The normalized spacial score (nSPS) is 15.7. The first-order valence-corrected chi connectivity index (χ1v) is 10.6. The molecule has 1 aliphatic heterocycles. The predicted molar refractivity (Wildman–Crippen MR) is 136 cm³/mol. The van der Waals surface area contributed by atoms with E-state index in [4.69, 9.17) is 4.99 Å². The molecular formula is C23H29IN6O. The lowest BCUT2D eigenvalue weighted by Crippen LogP contribution is -2.38. The molecule has 1 aromatic heterocycles. The number of aliphatic imine (C=N–C) groups is 1. The van der Waals surface area contributed by atoms with Crippen LogP contribution in [0.25, 0.3) is 11.0 Å². The van der Waals surface area contributed by atoms with Crippen LogP contribution in [-0.4, -0.2) is 41.5 Å². The zero-order valence-electron chi connectivity index (χ0n) is 17.6. The van der Waals surface area contributed by atoms with Gasteiger partial charge in [0.1, 0.15) is 5.82 Å². The fourth-order valence-electron chi connectivity index (χ4n) is 3.79. The molecule has 2 heterocycles. The average molecular weight is 532 g/mol. The van der Waals surface area contributed by atoms with Crippen LogP contribution < -0.4 is 16.0 Å². The van der Waals surface area contributed by atoms with Crippen molar-refractivity contribution in [1.29, 1.82) is 0 Å². The zero-order valence-corrected chi connectivity index (χ0v) is 20.0. The van der Waals surface area contributed by atoms with Crippen molar-refractivity contribution in [1.82, 2.24) is 20.6 Å². The third-order valence-electron chi connectivity index (χ3n) is 5.24. The maximum Gasteiger partial charge on any atom is 0.225 e. The van der Waals surface area contributed by atoms with Gasteiger partial charge >= 0.3 is 0 Å². The summed E-state index contributed by atoms with van der Waals surface area (Å²) in [5, 5.41) is 9.63. The average Bonchev–Trinajstić information content (AvgIpc) is 3.17. The second kappa shape index (κ2) is 11.1. The fraction of sp³-hybridized carbons (Fsp3) is 0.348. The molecule has 0 radical (unpaired) electrons. The number of nitrogens with zero attached hydrogens (tertiary/aromatic N) is 2. The van der Waals surface area contributed by atoms with Gasteiger partial charge in [0.15, 0.2) is 5.96 Å². The number of aromatic nitrogens is 2. The zero-order chi connectivity index (χ0) is 20.8. The van der Waals surface area contributed by atoms with Gasteiger partial charge in [0.05, 0.1) is 17.6 Å². The quantitative estimate of drug-likeness (QED) is 0.161. The molecule has 4 rings (SSSR count). The number of para-hydroxylation sites is 3. The second-order valence-corrected chi connectivity index (χ2v) is 7.49. The van der Waals surface area contributed by atoms with Gasteiger partial charge in [0.25, 0.3) is 0 Å². The molecule has 0 fully saturated rings. The van der Waals surface area contributed by atoms with Crippen LogP contribution in [-0.2, 0) is 11.2 Å². The van der Waals surface area contributed by atoms with Gasteiger partial charge in [0, 0.05) is 37.5 Å². The van der Waals surface area contributed by atoms with Gasteiger partial charge in [-0.2, -0.15) is 0 Å². The fourth-order valence-corrected chi connectivity index (χ4v) is 3.79. The molecule has 0 bridgehead atoms. The Balaban J connectivity index is 0.00000272. The van der Waals surface area contributed by atoms with E-state index in [-0.39, 0.29) is 35.8 Å². The molecule has 4 N–H and O–H groups in total. The Kier molecular flexibility index (Phi) is 8.27. The summed E-state index contributed by atoms with van der Waals surface area (Å²) in [5.74, 6) is 1.94. The Morgan fingerprint density at radius 2 is 1.97 bits per heavy atom. The summed E-state index contributed by atoms with van der Waals surface area (Å²) in [7, 11) is 0. The minimum Gasteiger partial charge on any atom is -0.357 e. The third-order valence-corrected chi connectivity index (χ3v) is 5.24. The number of carbonyl (C=O) groups is 1. The van der Waals surface area contributed by atoms with Gasteiger partial charge in [-0.25, -0.2) is 4.98 Å². The maximum absolute atomic E-state index is 12.0. The molecule has 164 valence electrons. The number of H-pyrrole nitrogens is 1.